The van der Waals surface area contributed by atoms with Gasteiger partial charge in [-0.2, -0.15) is 0 Å². The van der Waals surface area contributed by atoms with Crippen LogP contribution in [-0.4, -0.2) is 16.1 Å². The molecular weight excluding hydrogens is 334 g/mol. The quantitative estimate of drug-likeness (QED) is 0.774. The first-order chi connectivity index (χ1) is 9.74. The number of benzene rings is 1. The molecule has 0 aliphatic carbocycles. The number of halogens is 1. The minimum absolute atomic E-state index is 0.147. The highest BCUT2D eigenvalue weighted by Gasteiger charge is 2.20. The zero-order valence-electron chi connectivity index (χ0n) is 11.2. The van der Waals surface area contributed by atoms with Gasteiger partial charge in [-0.05, 0) is 34.1 Å². The Balaban J connectivity index is 2.20. The minimum Gasteiger partial charge on any atom is -0.328 e. The number of aryl methyl sites for hydroxylation is 1. The topological polar surface area (TPSA) is 43.8 Å². The van der Waals surface area contributed by atoms with Gasteiger partial charge in [0.1, 0.15) is 5.82 Å². The Hall–Kier alpha value is -1.17. The largest absolute Gasteiger partial charge is 0.328 e. The van der Waals surface area contributed by atoms with E-state index in [1.807, 2.05) is 6.07 Å². The van der Waals surface area contributed by atoms with E-state index < -0.39 is 0 Å². The van der Waals surface area contributed by atoms with E-state index in [2.05, 4.69) is 57.1 Å². The molecule has 0 radical (unpaired) electrons. The van der Waals surface area contributed by atoms with Gasteiger partial charge in [0.15, 0.2) is 0 Å². The van der Waals surface area contributed by atoms with Gasteiger partial charge in [0, 0.05) is 27.7 Å². The molecule has 1 atom stereocenters. The van der Waals surface area contributed by atoms with Crippen molar-refractivity contribution in [3.05, 3.63) is 50.9 Å². The van der Waals surface area contributed by atoms with Crippen LogP contribution < -0.4 is 5.73 Å². The number of nitrogens with zero attached hydrogens (tertiary/aromatic N) is 2. The lowest BCUT2D eigenvalue weighted by Gasteiger charge is -2.18. The van der Waals surface area contributed by atoms with Crippen molar-refractivity contribution in [2.24, 2.45) is 5.73 Å². The lowest BCUT2D eigenvalue weighted by Crippen LogP contribution is -2.21. The van der Waals surface area contributed by atoms with Gasteiger partial charge in [-0.25, -0.2) is 4.98 Å². The molecule has 104 valence electrons. The molecule has 0 fully saturated rings. The number of aromatic nitrogens is 2. The molecule has 2 N–H and O–H groups in total. The Labute approximate surface area is 130 Å². The molecule has 0 aliphatic heterocycles. The summed E-state index contributed by atoms with van der Waals surface area (Å²) in [5, 5.41) is 2.10. The van der Waals surface area contributed by atoms with E-state index in [4.69, 9.17) is 10.7 Å². The highest BCUT2D eigenvalue weighted by Crippen LogP contribution is 2.31. The normalized spacial score (nSPS) is 12.9. The molecule has 2 heterocycles. The van der Waals surface area contributed by atoms with Crippen LogP contribution in [0.1, 0.15) is 23.7 Å². The fourth-order valence-electron chi connectivity index (χ4n) is 2.54. The maximum absolute atomic E-state index is 6.06. The Kier molecular flexibility index (Phi) is 3.92. The summed E-state index contributed by atoms with van der Waals surface area (Å²) in [6, 6.07) is 10.6. The van der Waals surface area contributed by atoms with Gasteiger partial charge in [0.2, 0.25) is 0 Å². The van der Waals surface area contributed by atoms with E-state index in [0.29, 0.717) is 6.54 Å². The fourth-order valence-corrected chi connectivity index (χ4v) is 4.09. The number of hydrogen-bond acceptors (Lipinski definition) is 3. The average Bonchev–Trinajstić information content (AvgIpc) is 3.05. The number of para-hydroxylation sites is 2. The van der Waals surface area contributed by atoms with Gasteiger partial charge in [-0.3, -0.25) is 0 Å². The first-order valence-corrected chi connectivity index (χ1v) is 8.31. The number of thiophene rings is 1. The van der Waals surface area contributed by atoms with Crippen molar-refractivity contribution in [1.29, 1.82) is 0 Å². The first kappa shape index (κ1) is 13.8. The number of imidazole rings is 1. The SMILES string of the molecule is CCc1nc2ccccc2n1C(CN)c1cc(Br)cs1. The molecule has 3 rings (SSSR count). The van der Waals surface area contributed by atoms with Crippen LogP contribution in [0.2, 0.25) is 0 Å². The van der Waals surface area contributed by atoms with E-state index in [1.54, 1.807) is 11.3 Å². The molecule has 20 heavy (non-hydrogen) atoms. The van der Waals surface area contributed by atoms with E-state index in [-0.39, 0.29) is 6.04 Å². The zero-order chi connectivity index (χ0) is 14.1. The molecule has 3 aromatic rings. The lowest BCUT2D eigenvalue weighted by atomic mass is 10.2. The van der Waals surface area contributed by atoms with Crippen molar-refractivity contribution in [3.8, 4) is 0 Å². The third-order valence-electron chi connectivity index (χ3n) is 3.44. The Morgan fingerprint density at radius 1 is 1.40 bits per heavy atom. The number of rotatable bonds is 4. The first-order valence-electron chi connectivity index (χ1n) is 6.64. The molecule has 0 saturated carbocycles. The second-order valence-corrected chi connectivity index (χ2v) is 6.52. The van der Waals surface area contributed by atoms with Crippen LogP contribution in [-0.2, 0) is 6.42 Å². The molecular formula is C15H16BrN3S. The Morgan fingerprint density at radius 3 is 2.85 bits per heavy atom. The predicted molar refractivity (Wildman–Crippen MR) is 88.3 cm³/mol. The van der Waals surface area contributed by atoms with Crippen molar-refractivity contribution < 1.29 is 0 Å². The van der Waals surface area contributed by atoms with Crippen molar-refractivity contribution in [2.45, 2.75) is 19.4 Å². The maximum atomic E-state index is 6.06. The average molecular weight is 350 g/mol. The van der Waals surface area contributed by atoms with Gasteiger partial charge in [-0.15, -0.1) is 11.3 Å². The van der Waals surface area contributed by atoms with Crippen LogP contribution in [0.25, 0.3) is 11.0 Å². The van der Waals surface area contributed by atoms with Gasteiger partial charge in [0.05, 0.1) is 17.1 Å². The van der Waals surface area contributed by atoms with Crippen LogP contribution in [0.3, 0.4) is 0 Å². The standard InChI is InChI=1S/C15H16BrN3S/c1-2-15-18-11-5-3-4-6-12(11)19(15)13(8-17)14-7-10(16)9-20-14/h3-7,9,13H,2,8,17H2,1H3. The molecule has 1 aromatic carbocycles. The molecule has 0 spiro atoms. The lowest BCUT2D eigenvalue weighted by molar-refractivity contribution is 0.592. The second-order valence-electron chi connectivity index (χ2n) is 4.66. The van der Waals surface area contributed by atoms with Gasteiger partial charge < -0.3 is 10.3 Å². The highest BCUT2D eigenvalue weighted by atomic mass is 79.9. The van der Waals surface area contributed by atoms with Crippen LogP contribution >= 0.6 is 27.3 Å². The molecule has 0 amide bonds. The predicted octanol–water partition coefficient (Wildman–Crippen LogP) is 3.97. The number of fused-ring (bicyclic) bond motifs is 1. The highest BCUT2D eigenvalue weighted by molar-refractivity contribution is 9.10. The summed E-state index contributed by atoms with van der Waals surface area (Å²) in [4.78, 5) is 5.99. The summed E-state index contributed by atoms with van der Waals surface area (Å²) in [7, 11) is 0. The monoisotopic (exact) mass is 349 g/mol. The van der Waals surface area contributed by atoms with Crippen LogP contribution in [0.5, 0.6) is 0 Å². The summed E-state index contributed by atoms with van der Waals surface area (Å²) in [5.41, 5.74) is 8.26. The third-order valence-corrected chi connectivity index (χ3v) is 5.23. The molecule has 0 bridgehead atoms. The Bertz CT molecular complexity index is 732. The molecule has 0 aliphatic rings. The van der Waals surface area contributed by atoms with Crippen molar-refractivity contribution in [3.63, 3.8) is 0 Å². The van der Waals surface area contributed by atoms with E-state index in [0.717, 1.165) is 27.8 Å². The summed E-state index contributed by atoms with van der Waals surface area (Å²) in [6.07, 6.45) is 0.901. The molecule has 2 aromatic heterocycles. The summed E-state index contributed by atoms with van der Waals surface area (Å²) in [6.45, 7) is 2.70. The smallest absolute Gasteiger partial charge is 0.110 e. The van der Waals surface area contributed by atoms with Crippen molar-refractivity contribution in [2.75, 3.05) is 6.54 Å². The summed E-state index contributed by atoms with van der Waals surface area (Å²) in [5.74, 6) is 1.09. The van der Waals surface area contributed by atoms with Crippen LogP contribution in [0.15, 0.2) is 40.2 Å². The number of hydrogen-bond donors (Lipinski definition) is 1. The van der Waals surface area contributed by atoms with E-state index in [1.165, 1.54) is 4.88 Å². The molecule has 5 heteroatoms. The van der Waals surface area contributed by atoms with Crippen molar-refractivity contribution >= 4 is 38.3 Å². The van der Waals surface area contributed by atoms with Crippen molar-refractivity contribution in [1.82, 2.24) is 9.55 Å². The third kappa shape index (κ3) is 2.30. The van der Waals surface area contributed by atoms with Crippen LogP contribution in [0.4, 0.5) is 0 Å². The van der Waals surface area contributed by atoms with E-state index in [9.17, 15) is 0 Å². The second kappa shape index (κ2) is 5.68. The van der Waals surface area contributed by atoms with Gasteiger partial charge in [0.25, 0.3) is 0 Å². The van der Waals surface area contributed by atoms with Crippen LogP contribution in [0, 0.1) is 0 Å². The van der Waals surface area contributed by atoms with Gasteiger partial charge >= 0.3 is 0 Å². The molecule has 1 unspecified atom stereocenters. The number of nitrogens with two attached hydrogens (primary N) is 1. The van der Waals surface area contributed by atoms with Gasteiger partial charge in [-0.1, -0.05) is 19.1 Å². The summed E-state index contributed by atoms with van der Waals surface area (Å²) < 4.78 is 3.39. The minimum atomic E-state index is 0.147. The Morgan fingerprint density at radius 2 is 2.20 bits per heavy atom. The molecule has 3 nitrogen and oxygen atoms in total. The maximum Gasteiger partial charge on any atom is 0.110 e. The summed E-state index contributed by atoms with van der Waals surface area (Å²) >= 11 is 5.26. The van der Waals surface area contributed by atoms with E-state index >= 15 is 0 Å². The zero-order valence-corrected chi connectivity index (χ0v) is 13.6. The fraction of sp³-hybridized carbons (Fsp3) is 0.267. The molecule has 0 saturated heterocycles.